The van der Waals surface area contributed by atoms with Gasteiger partial charge >= 0.3 is 0 Å². The summed E-state index contributed by atoms with van der Waals surface area (Å²) < 4.78 is 0. The fourth-order valence-electron chi connectivity index (χ4n) is 1.03. The molecule has 1 atom stereocenters. The number of unbranched alkanes of at least 4 members (excludes halogenated alkanes) is 1. The molecule has 1 unspecified atom stereocenters. The summed E-state index contributed by atoms with van der Waals surface area (Å²) in [6.45, 7) is 3.76. The quantitative estimate of drug-likeness (QED) is 0.599. The summed E-state index contributed by atoms with van der Waals surface area (Å²) >= 11 is 0. The number of nitriles is 1. The second kappa shape index (κ2) is 6.95. The van der Waals surface area contributed by atoms with Crippen LogP contribution in [0.3, 0.4) is 0 Å². The number of rotatable bonds is 3. The highest BCUT2D eigenvalue weighted by atomic mass is 127. The van der Waals surface area contributed by atoms with E-state index in [1.807, 2.05) is 0 Å². The Kier molecular flexibility index (Phi) is 6.68. The van der Waals surface area contributed by atoms with Crippen molar-refractivity contribution in [3.8, 4) is 6.07 Å². The number of halogens is 1. The fourth-order valence-corrected chi connectivity index (χ4v) is 1.03. The normalized spacial score (nSPS) is 19.4. The van der Waals surface area contributed by atoms with Crippen LogP contribution >= 0.6 is 24.0 Å². The lowest BCUT2D eigenvalue weighted by atomic mass is 10.3. The van der Waals surface area contributed by atoms with Crippen molar-refractivity contribution in [3.05, 3.63) is 0 Å². The van der Waals surface area contributed by atoms with Crippen LogP contribution in [0.15, 0.2) is 4.99 Å². The summed E-state index contributed by atoms with van der Waals surface area (Å²) in [4.78, 5) is 4.23. The van der Waals surface area contributed by atoms with Crippen LogP contribution in [0.2, 0.25) is 0 Å². The number of nitrogens with zero attached hydrogens (tertiary/aromatic N) is 2. The molecule has 0 fully saturated rings. The van der Waals surface area contributed by atoms with Crippen LogP contribution in [0.1, 0.15) is 19.8 Å². The number of hydrogen-bond acceptors (Lipinski definition) is 4. The molecule has 0 aliphatic carbocycles. The Bertz CT molecular complexity index is 209. The Balaban J connectivity index is 0.00000144. The van der Waals surface area contributed by atoms with Crippen LogP contribution in [-0.4, -0.2) is 25.1 Å². The summed E-state index contributed by atoms with van der Waals surface area (Å²) in [5.74, 6) is 0.875. The number of guanidine groups is 1. The summed E-state index contributed by atoms with van der Waals surface area (Å²) in [6.07, 6.45) is 1.49. The highest BCUT2D eigenvalue weighted by Gasteiger charge is 2.10. The molecule has 0 bridgehead atoms. The van der Waals surface area contributed by atoms with Crippen molar-refractivity contribution < 1.29 is 0 Å². The maximum atomic E-state index is 8.28. The van der Waals surface area contributed by atoms with E-state index in [4.69, 9.17) is 5.26 Å². The molecule has 0 amide bonds. The molecule has 1 aliphatic rings. The zero-order valence-corrected chi connectivity index (χ0v) is 10.0. The molecular formula is C8H15IN4. The SMILES string of the molecule is CC1CN=C(NCCCC#N)N1.I. The van der Waals surface area contributed by atoms with Crippen LogP contribution in [0.5, 0.6) is 0 Å². The first-order valence-corrected chi connectivity index (χ1v) is 4.24. The average Bonchev–Trinajstić information content (AvgIpc) is 2.45. The highest BCUT2D eigenvalue weighted by molar-refractivity contribution is 14.0. The molecule has 5 heteroatoms. The molecular weight excluding hydrogens is 279 g/mol. The van der Waals surface area contributed by atoms with E-state index in [9.17, 15) is 0 Å². The van der Waals surface area contributed by atoms with E-state index in [0.717, 1.165) is 25.5 Å². The monoisotopic (exact) mass is 294 g/mol. The Labute approximate surface area is 95.8 Å². The minimum atomic E-state index is 0. The van der Waals surface area contributed by atoms with Crippen molar-refractivity contribution in [2.45, 2.75) is 25.8 Å². The van der Waals surface area contributed by atoms with Gasteiger partial charge in [0.15, 0.2) is 5.96 Å². The van der Waals surface area contributed by atoms with Crippen LogP contribution in [-0.2, 0) is 0 Å². The van der Waals surface area contributed by atoms with Crippen molar-refractivity contribution in [1.82, 2.24) is 10.6 Å². The van der Waals surface area contributed by atoms with Gasteiger partial charge in [-0.05, 0) is 13.3 Å². The Morgan fingerprint density at radius 2 is 2.54 bits per heavy atom. The first kappa shape index (κ1) is 12.5. The van der Waals surface area contributed by atoms with E-state index in [0.29, 0.717) is 12.5 Å². The Morgan fingerprint density at radius 1 is 1.77 bits per heavy atom. The predicted octanol–water partition coefficient (Wildman–Crippen LogP) is 0.845. The second-order valence-electron chi connectivity index (χ2n) is 2.92. The van der Waals surface area contributed by atoms with Crippen molar-refractivity contribution in [1.29, 1.82) is 5.26 Å². The lowest BCUT2D eigenvalue weighted by Gasteiger charge is -2.06. The summed E-state index contributed by atoms with van der Waals surface area (Å²) in [5, 5.41) is 14.6. The van der Waals surface area contributed by atoms with E-state index >= 15 is 0 Å². The molecule has 74 valence electrons. The minimum Gasteiger partial charge on any atom is -0.356 e. The third-order valence-corrected chi connectivity index (χ3v) is 1.66. The van der Waals surface area contributed by atoms with Gasteiger partial charge in [0.25, 0.3) is 0 Å². The van der Waals surface area contributed by atoms with E-state index in [1.54, 1.807) is 0 Å². The minimum absolute atomic E-state index is 0. The van der Waals surface area contributed by atoms with Gasteiger partial charge in [-0.25, -0.2) is 0 Å². The van der Waals surface area contributed by atoms with Gasteiger partial charge in [0.2, 0.25) is 0 Å². The molecule has 0 aromatic rings. The second-order valence-corrected chi connectivity index (χ2v) is 2.92. The molecule has 1 aliphatic heterocycles. The highest BCUT2D eigenvalue weighted by Crippen LogP contribution is 1.92. The average molecular weight is 294 g/mol. The Morgan fingerprint density at radius 3 is 3.08 bits per heavy atom. The summed E-state index contributed by atoms with van der Waals surface area (Å²) in [7, 11) is 0. The smallest absolute Gasteiger partial charge is 0.191 e. The van der Waals surface area contributed by atoms with Crippen molar-refractivity contribution in [2.24, 2.45) is 4.99 Å². The fraction of sp³-hybridized carbons (Fsp3) is 0.750. The molecule has 0 saturated carbocycles. The first-order chi connectivity index (χ1) is 5.83. The molecule has 0 radical (unpaired) electrons. The van der Waals surface area contributed by atoms with Crippen molar-refractivity contribution in [2.75, 3.05) is 13.1 Å². The van der Waals surface area contributed by atoms with Gasteiger partial charge in [0.1, 0.15) is 0 Å². The lowest BCUT2D eigenvalue weighted by molar-refractivity contribution is 0.707. The molecule has 1 heterocycles. The summed E-state index contributed by atoms with van der Waals surface area (Å²) in [5.41, 5.74) is 0. The molecule has 0 saturated heterocycles. The van der Waals surface area contributed by atoms with Gasteiger partial charge in [0, 0.05) is 19.0 Å². The molecule has 2 N–H and O–H groups in total. The van der Waals surface area contributed by atoms with Gasteiger partial charge < -0.3 is 10.6 Å². The topological polar surface area (TPSA) is 60.2 Å². The van der Waals surface area contributed by atoms with Gasteiger partial charge in [-0.15, -0.1) is 24.0 Å². The predicted molar refractivity (Wildman–Crippen MR) is 63.2 cm³/mol. The lowest BCUT2D eigenvalue weighted by Crippen LogP contribution is -2.37. The molecule has 13 heavy (non-hydrogen) atoms. The van der Waals surface area contributed by atoms with Crippen LogP contribution in [0.25, 0.3) is 0 Å². The van der Waals surface area contributed by atoms with Crippen LogP contribution in [0.4, 0.5) is 0 Å². The standard InChI is InChI=1S/C8H14N4.HI/c1-7-6-11-8(12-7)10-5-3-2-4-9;/h7H,2-3,5-6H2,1H3,(H2,10,11,12);1H. The third kappa shape index (κ3) is 4.93. The molecule has 0 aromatic carbocycles. The first-order valence-electron chi connectivity index (χ1n) is 4.24. The molecule has 4 nitrogen and oxygen atoms in total. The van der Waals surface area contributed by atoms with Crippen molar-refractivity contribution in [3.63, 3.8) is 0 Å². The largest absolute Gasteiger partial charge is 0.356 e. The van der Waals surface area contributed by atoms with E-state index in [1.165, 1.54) is 0 Å². The summed E-state index contributed by atoms with van der Waals surface area (Å²) in [6, 6.07) is 2.55. The molecule has 0 spiro atoms. The zero-order chi connectivity index (χ0) is 8.81. The maximum absolute atomic E-state index is 8.28. The van der Waals surface area contributed by atoms with Gasteiger partial charge in [-0.1, -0.05) is 0 Å². The number of nitrogens with one attached hydrogen (secondary N) is 2. The van der Waals surface area contributed by atoms with Gasteiger partial charge in [0.05, 0.1) is 12.6 Å². The number of hydrogen-bond donors (Lipinski definition) is 2. The zero-order valence-electron chi connectivity index (χ0n) is 7.71. The van der Waals surface area contributed by atoms with Gasteiger partial charge in [-0.3, -0.25) is 4.99 Å². The number of aliphatic imine (C=N–C) groups is 1. The Hall–Kier alpha value is -0.510. The van der Waals surface area contributed by atoms with Crippen LogP contribution < -0.4 is 10.6 Å². The molecule has 0 aromatic heterocycles. The van der Waals surface area contributed by atoms with Crippen molar-refractivity contribution >= 4 is 29.9 Å². The van der Waals surface area contributed by atoms with E-state index in [-0.39, 0.29) is 24.0 Å². The van der Waals surface area contributed by atoms with E-state index < -0.39 is 0 Å². The van der Waals surface area contributed by atoms with Crippen LogP contribution in [0, 0.1) is 11.3 Å². The third-order valence-electron chi connectivity index (χ3n) is 1.66. The van der Waals surface area contributed by atoms with Gasteiger partial charge in [-0.2, -0.15) is 5.26 Å². The maximum Gasteiger partial charge on any atom is 0.191 e. The van der Waals surface area contributed by atoms with E-state index in [2.05, 4.69) is 28.6 Å². The molecule has 1 rings (SSSR count).